The van der Waals surface area contributed by atoms with Crippen LogP contribution in [0.25, 0.3) is 5.00 Å². The van der Waals surface area contributed by atoms with Crippen LogP contribution in [0.2, 0.25) is 0 Å². The number of carbonyl (C=O) groups is 3. The Morgan fingerprint density at radius 1 is 1.18 bits per heavy atom. The zero-order chi connectivity index (χ0) is 25.3. The van der Waals surface area contributed by atoms with Crippen LogP contribution < -0.4 is 0 Å². The van der Waals surface area contributed by atoms with E-state index in [1.807, 2.05) is 22.1 Å². The normalized spacial score (nSPS) is 20.0. The molecule has 1 fully saturated rings. The van der Waals surface area contributed by atoms with Gasteiger partial charge in [0, 0.05) is 12.7 Å². The zero-order valence-electron chi connectivity index (χ0n) is 20.5. The van der Waals surface area contributed by atoms with Crippen molar-refractivity contribution < 1.29 is 29.0 Å². The maximum absolute atomic E-state index is 12.6. The molecule has 3 rings (SSSR count). The quantitative estimate of drug-likeness (QED) is 0.564. The first-order valence-electron chi connectivity index (χ1n) is 11.3. The van der Waals surface area contributed by atoms with Crippen LogP contribution in [0.15, 0.2) is 30.0 Å². The van der Waals surface area contributed by atoms with Gasteiger partial charge in [0.25, 0.3) is 0 Å². The second-order valence-corrected chi connectivity index (χ2v) is 11.5. The van der Waals surface area contributed by atoms with Gasteiger partial charge in [-0.15, -0.1) is 11.3 Å². The summed E-state index contributed by atoms with van der Waals surface area (Å²) in [6.45, 7) is 10.4. The first-order chi connectivity index (χ1) is 15.7. The van der Waals surface area contributed by atoms with E-state index in [9.17, 15) is 19.5 Å². The molecular formula is C24H33N3O6S. The van der Waals surface area contributed by atoms with Gasteiger partial charge in [-0.1, -0.05) is 0 Å². The maximum atomic E-state index is 12.6. The Morgan fingerprint density at radius 3 is 2.29 bits per heavy atom. The number of aromatic nitrogens is 2. The van der Waals surface area contributed by atoms with Gasteiger partial charge in [-0.05, 0) is 84.2 Å². The summed E-state index contributed by atoms with van der Waals surface area (Å²) in [6.07, 6.45) is 3.24. The van der Waals surface area contributed by atoms with Crippen LogP contribution >= 0.6 is 11.3 Å². The summed E-state index contributed by atoms with van der Waals surface area (Å²) in [6, 6.07) is 3.86. The molecule has 2 unspecified atom stereocenters. The van der Waals surface area contributed by atoms with Crippen molar-refractivity contribution in [2.45, 2.75) is 77.4 Å². The molecule has 1 aliphatic rings. The minimum Gasteiger partial charge on any atom is -0.481 e. The lowest BCUT2D eigenvalue weighted by Gasteiger charge is -2.28. The summed E-state index contributed by atoms with van der Waals surface area (Å²) >= 11 is 1.54. The van der Waals surface area contributed by atoms with Gasteiger partial charge >= 0.3 is 18.2 Å². The van der Waals surface area contributed by atoms with Crippen LogP contribution in [0, 0.1) is 5.92 Å². The third kappa shape index (κ3) is 5.97. The van der Waals surface area contributed by atoms with Crippen LogP contribution in [0.1, 0.15) is 66.5 Å². The average molecular weight is 492 g/mol. The monoisotopic (exact) mass is 491 g/mol. The van der Waals surface area contributed by atoms with E-state index in [1.54, 1.807) is 65.4 Å². The topological polar surface area (TPSA) is 111 Å². The van der Waals surface area contributed by atoms with Crippen LogP contribution in [0.5, 0.6) is 0 Å². The Bertz CT molecular complexity index is 1010. The highest BCUT2D eigenvalue weighted by atomic mass is 32.1. The number of rotatable bonds is 7. The van der Waals surface area contributed by atoms with Gasteiger partial charge in [0.1, 0.15) is 27.9 Å². The summed E-state index contributed by atoms with van der Waals surface area (Å²) in [7, 11) is 0. The fourth-order valence-corrected chi connectivity index (χ4v) is 4.52. The van der Waals surface area contributed by atoms with Crippen LogP contribution in [0.4, 0.5) is 9.59 Å². The second-order valence-electron chi connectivity index (χ2n) is 10.5. The fraction of sp³-hybridized carbons (Fsp3) is 0.583. The molecule has 2 aromatic heterocycles. The number of aliphatic carboxylic acids is 1. The van der Waals surface area contributed by atoms with E-state index >= 15 is 0 Å². The van der Waals surface area contributed by atoms with E-state index in [0.29, 0.717) is 25.0 Å². The summed E-state index contributed by atoms with van der Waals surface area (Å²) in [5.74, 6) is -1.05. The molecule has 0 bridgehead atoms. The summed E-state index contributed by atoms with van der Waals surface area (Å²) < 4.78 is 12.6. The van der Waals surface area contributed by atoms with Crippen molar-refractivity contribution in [2.75, 3.05) is 6.54 Å². The van der Waals surface area contributed by atoms with Gasteiger partial charge in [0.2, 0.25) is 0 Å². The number of ether oxygens (including phenoxy) is 2. The van der Waals surface area contributed by atoms with E-state index < -0.39 is 34.8 Å². The Morgan fingerprint density at radius 2 is 1.79 bits per heavy atom. The Hall–Kier alpha value is -2.88. The Kier molecular flexibility index (Phi) is 7.12. The third-order valence-electron chi connectivity index (χ3n) is 5.45. The molecule has 0 aromatic carbocycles. The van der Waals surface area contributed by atoms with Crippen molar-refractivity contribution >= 4 is 29.5 Å². The molecule has 2 heterocycles. The smallest absolute Gasteiger partial charge is 0.419 e. The van der Waals surface area contributed by atoms with Crippen molar-refractivity contribution in [3.63, 3.8) is 0 Å². The van der Waals surface area contributed by atoms with E-state index in [-0.39, 0.29) is 12.5 Å². The second kappa shape index (κ2) is 9.40. The van der Waals surface area contributed by atoms with Crippen LogP contribution in [-0.2, 0) is 19.7 Å². The minimum absolute atomic E-state index is 0.0691. The number of thiophene rings is 1. The third-order valence-corrected chi connectivity index (χ3v) is 6.33. The molecule has 10 heteroatoms. The fourth-order valence-electron chi connectivity index (χ4n) is 3.84. The molecule has 0 saturated heterocycles. The number of nitrogens with zero attached hydrogens (tertiary/aromatic N) is 3. The lowest BCUT2D eigenvalue weighted by Crippen LogP contribution is -2.44. The maximum Gasteiger partial charge on any atom is 0.419 e. The van der Waals surface area contributed by atoms with E-state index in [2.05, 4.69) is 4.98 Å². The Balaban J connectivity index is 1.67. The van der Waals surface area contributed by atoms with Gasteiger partial charge in [-0.2, -0.15) is 0 Å². The summed E-state index contributed by atoms with van der Waals surface area (Å²) in [5, 5.41) is 12.9. The predicted molar refractivity (Wildman–Crippen MR) is 127 cm³/mol. The number of carboxylic acids is 1. The van der Waals surface area contributed by atoms with Gasteiger partial charge in [-0.25, -0.2) is 19.5 Å². The molecule has 0 spiro atoms. The lowest BCUT2D eigenvalue weighted by molar-refractivity contribution is -0.140. The molecule has 34 heavy (non-hydrogen) atoms. The number of carbonyl (C=O) groups excluding carboxylic acids is 2. The largest absolute Gasteiger partial charge is 0.481 e. The number of hydrogen-bond acceptors (Lipinski definition) is 7. The number of amides is 2. The van der Waals surface area contributed by atoms with Crippen molar-refractivity contribution in [2.24, 2.45) is 5.92 Å². The highest BCUT2D eigenvalue weighted by Gasteiger charge is 2.62. The van der Waals surface area contributed by atoms with Gasteiger partial charge in [0.05, 0.1) is 5.69 Å². The van der Waals surface area contributed by atoms with Crippen molar-refractivity contribution in [3.05, 3.63) is 35.7 Å². The number of carboxylic acid groups (broad SMARTS) is 1. The molecule has 2 aromatic rings. The van der Waals surface area contributed by atoms with E-state index in [0.717, 1.165) is 9.90 Å². The molecule has 1 saturated carbocycles. The SMILES string of the molecule is CC(C)(C)OC(=O)N(CCCC1CC1(C(=O)O)c1cn(-c2cccs2)cn1)C(=O)OC(C)(C)C. The first kappa shape index (κ1) is 25.7. The molecule has 1 N–H and O–H groups in total. The molecule has 0 aliphatic heterocycles. The zero-order valence-corrected chi connectivity index (χ0v) is 21.3. The van der Waals surface area contributed by atoms with E-state index in [1.165, 1.54) is 0 Å². The first-order valence-corrected chi connectivity index (χ1v) is 12.2. The van der Waals surface area contributed by atoms with Gasteiger partial charge in [-0.3, -0.25) is 9.36 Å². The van der Waals surface area contributed by atoms with Crippen molar-refractivity contribution in [3.8, 4) is 5.00 Å². The number of imidazole rings is 1. The molecular weight excluding hydrogens is 458 g/mol. The highest BCUT2D eigenvalue weighted by Crippen LogP contribution is 2.56. The number of hydrogen-bond donors (Lipinski definition) is 1. The molecule has 9 nitrogen and oxygen atoms in total. The van der Waals surface area contributed by atoms with Crippen molar-refractivity contribution in [1.29, 1.82) is 0 Å². The van der Waals surface area contributed by atoms with Gasteiger partial charge in [0.15, 0.2) is 0 Å². The Labute approximate surface area is 203 Å². The standard InChI is InChI=1S/C24H33N3O6S/c1-22(2,3)32-20(30)27(21(31)33-23(4,5)6)11-7-9-16-13-24(16,19(28)29)17-14-26(15-25-17)18-10-8-12-34-18/h8,10,12,14-16H,7,9,11,13H2,1-6H3,(H,28,29). The molecule has 2 amide bonds. The summed E-state index contributed by atoms with van der Waals surface area (Å²) in [5.41, 5.74) is -2.07. The van der Waals surface area contributed by atoms with Crippen molar-refractivity contribution in [1.82, 2.24) is 14.5 Å². The molecule has 186 valence electrons. The molecule has 2 atom stereocenters. The average Bonchev–Trinajstić information content (AvgIpc) is 3.06. The highest BCUT2D eigenvalue weighted by molar-refractivity contribution is 7.12. The molecule has 0 radical (unpaired) electrons. The summed E-state index contributed by atoms with van der Waals surface area (Å²) in [4.78, 5) is 42.8. The number of imide groups is 1. The van der Waals surface area contributed by atoms with Crippen LogP contribution in [0.3, 0.4) is 0 Å². The van der Waals surface area contributed by atoms with Gasteiger partial charge < -0.3 is 14.6 Å². The minimum atomic E-state index is -1.05. The van der Waals surface area contributed by atoms with Crippen LogP contribution in [-0.4, -0.2) is 55.5 Å². The van der Waals surface area contributed by atoms with E-state index in [4.69, 9.17) is 9.47 Å². The predicted octanol–water partition coefficient (Wildman–Crippen LogP) is 5.23. The molecule has 1 aliphatic carbocycles. The lowest BCUT2D eigenvalue weighted by atomic mass is 9.98.